The zero-order valence-electron chi connectivity index (χ0n) is 6.94. The van der Waals surface area contributed by atoms with Gasteiger partial charge in [0.25, 0.3) is 0 Å². The maximum atomic E-state index is 4.45. The van der Waals surface area contributed by atoms with Gasteiger partial charge in [0.15, 0.2) is 0 Å². The van der Waals surface area contributed by atoms with E-state index in [4.69, 9.17) is 0 Å². The second-order valence-electron chi connectivity index (χ2n) is 2.95. The van der Waals surface area contributed by atoms with Crippen LogP contribution in [0.4, 0.5) is 0 Å². The number of fused-ring (bicyclic) bond motifs is 3. The van der Waals surface area contributed by atoms with Gasteiger partial charge in [0.2, 0.25) is 0 Å². The fourth-order valence-electron chi connectivity index (χ4n) is 1.54. The summed E-state index contributed by atoms with van der Waals surface area (Å²) in [5, 5.41) is 0. The maximum absolute atomic E-state index is 4.45. The molecular formula is C11H7N2. The second-order valence-corrected chi connectivity index (χ2v) is 2.95. The molecule has 2 heteroatoms. The van der Waals surface area contributed by atoms with Crippen LogP contribution in [0.25, 0.3) is 16.7 Å². The van der Waals surface area contributed by atoms with Crippen LogP contribution < -0.4 is 0 Å². The average Bonchev–Trinajstić information content (AvgIpc) is 2.56. The molecule has 3 aromatic rings. The van der Waals surface area contributed by atoms with Crippen LogP contribution in [0.15, 0.2) is 42.5 Å². The predicted octanol–water partition coefficient (Wildman–Crippen LogP) is 2.29. The van der Waals surface area contributed by atoms with Gasteiger partial charge in [-0.3, -0.25) is 4.40 Å². The van der Waals surface area contributed by atoms with Crippen molar-refractivity contribution in [1.82, 2.24) is 9.38 Å². The van der Waals surface area contributed by atoms with Crippen LogP contribution in [-0.2, 0) is 0 Å². The maximum Gasteiger partial charge on any atom is 0.138 e. The molecule has 0 aliphatic carbocycles. The van der Waals surface area contributed by atoms with Gasteiger partial charge in [-0.05, 0) is 24.3 Å². The molecule has 0 aliphatic heterocycles. The van der Waals surface area contributed by atoms with E-state index in [-0.39, 0.29) is 0 Å². The Morgan fingerprint density at radius 2 is 2.00 bits per heavy atom. The minimum absolute atomic E-state index is 0.948. The highest BCUT2D eigenvalue weighted by Gasteiger charge is 2.00. The molecule has 13 heavy (non-hydrogen) atoms. The number of rotatable bonds is 0. The number of aromatic nitrogens is 2. The molecule has 0 aliphatic rings. The third kappa shape index (κ3) is 0.855. The summed E-state index contributed by atoms with van der Waals surface area (Å²) in [6, 6.07) is 13.9. The first-order valence-electron chi connectivity index (χ1n) is 4.19. The second kappa shape index (κ2) is 2.33. The number of pyridine rings is 1. The summed E-state index contributed by atoms with van der Waals surface area (Å²) in [7, 11) is 0. The summed E-state index contributed by atoms with van der Waals surface area (Å²) < 4.78 is 1.97. The molecule has 0 atom stereocenters. The molecular weight excluding hydrogens is 160 g/mol. The number of imidazole rings is 1. The van der Waals surface area contributed by atoms with Crippen molar-refractivity contribution in [2.75, 3.05) is 0 Å². The van der Waals surface area contributed by atoms with Gasteiger partial charge in [0.1, 0.15) is 5.65 Å². The highest BCUT2D eigenvalue weighted by Crippen LogP contribution is 2.14. The van der Waals surface area contributed by atoms with Crippen molar-refractivity contribution < 1.29 is 0 Å². The Morgan fingerprint density at radius 1 is 1.08 bits per heavy atom. The van der Waals surface area contributed by atoms with Crippen LogP contribution in [0, 0.1) is 6.20 Å². The molecule has 1 aromatic carbocycles. The van der Waals surface area contributed by atoms with Gasteiger partial charge in [-0.15, -0.1) is 0 Å². The predicted molar refractivity (Wildman–Crippen MR) is 51.5 cm³/mol. The molecule has 0 unspecified atom stereocenters. The molecule has 2 heterocycles. The Bertz CT molecular complexity index is 516. The van der Waals surface area contributed by atoms with Gasteiger partial charge in [-0.1, -0.05) is 18.2 Å². The van der Waals surface area contributed by atoms with Gasteiger partial charge < -0.3 is 0 Å². The summed E-state index contributed by atoms with van der Waals surface area (Å²) in [6.45, 7) is 0. The first-order chi connectivity index (χ1) is 6.45. The van der Waals surface area contributed by atoms with Gasteiger partial charge in [0, 0.05) is 0 Å². The third-order valence-electron chi connectivity index (χ3n) is 2.13. The lowest BCUT2D eigenvalue weighted by molar-refractivity contribution is 1.21. The van der Waals surface area contributed by atoms with Crippen molar-refractivity contribution >= 4 is 16.7 Å². The minimum Gasteiger partial charge on any atom is -0.291 e. The van der Waals surface area contributed by atoms with Crippen LogP contribution in [0.3, 0.4) is 0 Å². The van der Waals surface area contributed by atoms with E-state index in [2.05, 4.69) is 11.2 Å². The first kappa shape index (κ1) is 6.66. The summed E-state index contributed by atoms with van der Waals surface area (Å²) in [5.74, 6) is 0. The molecule has 2 nitrogen and oxygen atoms in total. The Labute approximate surface area is 75.5 Å². The van der Waals surface area contributed by atoms with E-state index in [0.717, 1.165) is 16.7 Å². The molecule has 0 N–H and O–H groups in total. The van der Waals surface area contributed by atoms with E-state index < -0.39 is 0 Å². The smallest absolute Gasteiger partial charge is 0.138 e. The van der Waals surface area contributed by atoms with E-state index in [1.165, 1.54) is 0 Å². The van der Waals surface area contributed by atoms with E-state index in [9.17, 15) is 0 Å². The Balaban J connectivity index is 2.64. The SMILES string of the molecule is [c]1cccc2nc3ccccc3n12. The largest absolute Gasteiger partial charge is 0.291 e. The fourth-order valence-corrected chi connectivity index (χ4v) is 1.54. The van der Waals surface area contributed by atoms with Crippen LogP contribution in [-0.4, -0.2) is 9.38 Å². The van der Waals surface area contributed by atoms with Crippen LogP contribution in [0.1, 0.15) is 0 Å². The molecule has 0 spiro atoms. The molecule has 0 saturated carbocycles. The van der Waals surface area contributed by atoms with Gasteiger partial charge >= 0.3 is 0 Å². The molecule has 2 aromatic heterocycles. The molecule has 61 valence electrons. The molecule has 1 radical (unpaired) electrons. The lowest BCUT2D eigenvalue weighted by atomic mass is 10.3. The van der Waals surface area contributed by atoms with Gasteiger partial charge in [-0.2, -0.15) is 0 Å². The van der Waals surface area contributed by atoms with Crippen molar-refractivity contribution in [1.29, 1.82) is 0 Å². The zero-order chi connectivity index (χ0) is 8.67. The van der Waals surface area contributed by atoms with Crippen LogP contribution in [0.5, 0.6) is 0 Å². The summed E-state index contributed by atoms with van der Waals surface area (Å²) in [6.07, 6.45) is 3.13. The highest BCUT2D eigenvalue weighted by molar-refractivity contribution is 5.80. The Hall–Kier alpha value is -1.83. The zero-order valence-corrected chi connectivity index (χ0v) is 6.94. The third-order valence-corrected chi connectivity index (χ3v) is 2.13. The summed E-state index contributed by atoms with van der Waals surface area (Å²) in [4.78, 5) is 4.45. The quantitative estimate of drug-likeness (QED) is 0.502. The van der Waals surface area contributed by atoms with Crippen molar-refractivity contribution in [3.8, 4) is 0 Å². The molecule has 3 rings (SSSR count). The number of para-hydroxylation sites is 2. The van der Waals surface area contributed by atoms with Gasteiger partial charge in [0.05, 0.1) is 17.2 Å². The standard InChI is InChI=1S/C11H7N2/c1-2-6-10-9(5-1)12-11-7-3-4-8-13(10)11/h1-7H. The highest BCUT2D eigenvalue weighted by atomic mass is 15.0. The number of hydrogen-bond donors (Lipinski definition) is 0. The summed E-state index contributed by atoms with van der Waals surface area (Å²) >= 11 is 0. The normalized spacial score (nSPS) is 11.1. The monoisotopic (exact) mass is 167 g/mol. The minimum atomic E-state index is 0.948. The number of benzene rings is 1. The topological polar surface area (TPSA) is 17.3 Å². The summed E-state index contributed by atoms with van der Waals surface area (Å²) in [5.41, 5.74) is 3.08. The Morgan fingerprint density at radius 3 is 3.00 bits per heavy atom. The lowest BCUT2D eigenvalue weighted by Gasteiger charge is -1.90. The van der Waals surface area contributed by atoms with Crippen molar-refractivity contribution in [3.63, 3.8) is 0 Å². The van der Waals surface area contributed by atoms with Crippen molar-refractivity contribution in [2.24, 2.45) is 0 Å². The lowest BCUT2D eigenvalue weighted by Crippen LogP contribution is -1.81. The molecule has 0 saturated heterocycles. The first-order valence-corrected chi connectivity index (χ1v) is 4.19. The van der Waals surface area contributed by atoms with Gasteiger partial charge in [-0.25, -0.2) is 4.98 Å². The van der Waals surface area contributed by atoms with E-state index in [0.29, 0.717) is 0 Å². The number of nitrogens with zero attached hydrogens (tertiary/aromatic N) is 2. The molecule has 0 amide bonds. The van der Waals surface area contributed by atoms with Crippen LogP contribution in [0.2, 0.25) is 0 Å². The molecule has 0 fully saturated rings. The Kier molecular flexibility index (Phi) is 1.19. The van der Waals surface area contributed by atoms with E-state index >= 15 is 0 Å². The number of hydrogen-bond acceptors (Lipinski definition) is 1. The molecule has 0 bridgehead atoms. The fraction of sp³-hybridized carbons (Fsp3) is 0. The van der Waals surface area contributed by atoms with E-state index in [1.54, 1.807) is 0 Å². The van der Waals surface area contributed by atoms with Crippen molar-refractivity contribution in [2.45, 2.75) is 0 Å². The average molecular weight is 167 g/mol. The van der Waals surface area contributed by atoms with Crippen LogP contribution >= 0.6 is 0 Å². The van der Waals surface area contributed by atoms with Crippen molar-refractivity contribution in [3.05, 3.63) is 48.7 Å². The van der Waals surface area contributed by atoms with E-state index in [1.807, 2.05) is 46.9 Å².